The zero-order valence-corrected chi connectivity index (χ0v) is 22.4. The first-order chi connectivity index (χ1) is 18.4. The lowest BCUT2D eigenvalue weighted by molar-refractivity contribution is -0.297. The van der Waals surface area contributed by atoms with Gasteiger partial charge in [-0.3, -0.25) is 0 Å². The number of hydrogen-bond donors (Lipinski definition) is 0. The Hall–Kier alpha value is -3.24. The smallest absolute Gasteiger partial charge is 0.134 e. The summed E-state index contributed by atoms with van der Waals surface area (Å²) in [5, 5.41) is 11.6. The molecule has 0 amide bonds. The topological polar surface area (TPSA) is 58.6 Å². The Morgan fingerprint density at radius 3 is 2.32 bits per heavy atom. The van der Waals surface area contributed by atoms with Crippen LogP contribution < -0.4 is 14.6 Å². The predicted octanol–water partition coefficient (Wildman–Crippen LogP) is 6.83. The molecule has 0 spiro atoms. The number of methoxy groups -OCH3 is 1. The third kappa shape index (κ3) is 4.82. The standard InChI is InChI=1S/C33H33ClO4/c1-37-32-26(8-10-31(35)36)14-27(34)16-28(32)25-7-9-30(38-20-21-5-3-2-4-6-21)29(15-25)33-17-22-11-23(18-33)13-24(12-22)19-33/h2-10,14-16,22-24H,11-13,17-20H2,1H3,(H,35,36)/p-1/b10-8+. The molecule has 5 heteroatoms. The minimum atomic E-state index is -1.27. The third-order valence-corrected chi connectivity index (χ3v) is 9.04. The van der Waals surface area contributed by atoms with E-state index >= 15 is 0 Å². The Balaban J connectivity index is 1.45. The molecule has 0 unspecified atom stereocenters. The number of halogens is 1. The lowest BCUT2D eigenvalue weighted by atomic mass is 9.48. The van der Waals surface area contributed by atoms with Crippen molar-refractivity contribution in [3.8, 4) is 22.6 Å². The van der Waals surface area contributed by atoms with Gasteiger partial charge in [0, 0.05) is 21.7 Å². The highest BCUT2D eigenvalue weighted by atomic mass is 35.5. The number of ether oxygens (including phenoxy) is 2. The van der Waals surface area contributed by atoms with E-state index < -0.39 is 5.97 Å². The van der Waals surface area contributed by atoms with Crippen LogP contribution in [-0.2, 0) is 16.8 Å². The van der Waals surface area contributed by atoms with Gasteiger partial charge in [-0.2, -0.15) is 0 Å². The van der Waals surface area contributed by atoms with Crippen LogP contribution in [-0.4, -0.2) is 13.1 Å². The molecule has 4 saturated carbocycles. The summed E-state index contributed by atoms with van der Waals surface area (Å²) in [6.07, 6.45) is 10.2. The summed E-state index contributed by atoms with van der Waals surface area (Å²) in [5.74, 6) is 2.67. The first-order valence-corrected chi connectivity index (χ1v) is 13.9. The van der Waals surface area contributed by atoms with Crippen LogP contribution in [0.15, 0.2) is 66.7 Å². The van der Waals surface area contributed by atoms with Gasteiger partial charge in [-0.05, 0) is 109 Å². The van der Waals surface area contributed by atoms with E-state index in [1.807, 2.05) is 24.3 Å². The van der Waals surface area contributed by atoms with Gasteiger partial charge < -0.3 is 19.4 Å². The first kappa shape index (κ1) is 25.1. The molecule has 0 heterocycles. The molecule has 196 valence electrons. The maximum absolute atomic E-state index is 11.1. The molecule has 0 atom stereocenters. The maximum Gasteiger partial charge on any atom is 0.134 e. The summed E-state index contributed by atoms with van der Waals surface area (Å²) >= 11 is 6.51. The van der Waals surface area contributed by atoms with Crippen molar-refractivity contribution in [2.75, 3.05) is 7.11 Å². The number of carbonyl (C=O) groups is 1. The van der Waals surface area contributed by atoms with Crippen molar-refractivity contribution < 1.29 is 19.4 Å². The van der Waals surface area contributed by atoms with Crippen molar-refractivity contribution in [2.24, 2.45) is 17.8 Å². The molecule has 4 aliphatic carbocycles. The van der Waals surface area contributed by atoms with E-state index in [2.05, 4.69) is 30.3 Å². The Bertz CT molecular complexity index is 1340. The molecule has 4 fully saturated rings. The fraction of sp³-hybridized carbons (Fsp3) is 0.364. The Morgan fingerprint density at radius 1 is 1.00 bits per heavy atom. The third-order valence-electron chi connectivity index (χ3n) is 8.82. The highest BCUT2D eigenvalue weighted by Gasteiger charge is 2.52. The van der Waals surface area contributed by atoms with Gasteiger partial charge in [-0.1, -0.05) is 48.0 Å². The molecule has 7 rings (SSSR count). The first-order valence-electron chi connectivity index (χ1n) is 13.5. The van der Waals surface area contributed by atoms with Crippen LogP contribution in [0, 0.1) is 17.8 Å². The fourth-order valence-electron chi connectivity index (χ4n) is 7.75. The van der Waals surface area contributed by atoms with Gasteiger partial charge in [0.1, 0.15) is 18.1 Å². The number of benzene rings is 3. The molecular weight excluding hydrogens is 496 g/mol. The number of rotatable bonds is 8. The zero-order chi connectivity index (χ0) is 26.3. The molecule has 0 radical (unpaired) electrons. The molecule has 4 aliphatic rings. The van der Waals surface area contributed by atoms with Crippen LogP contribution >= 0.6 is 11.6 Å². The largest absolute Gasteiger partial charge is 0.545 e. The predicted molar refractivity (Wildman–Crippen MR) is 148 cm³/mol. The molecule has 4 nitrogen and oxygen atoms in total. The van der Waals surface area contributed by atoms with Crippen LogP contribution in [0.3, 0.4) is 0 Å². The van der Waals surface area contributed by atoms with Crippen LogP contribution in [0.2, 0.25) is 5.02 Å². The van der Waals surface area contributed by atoms with E-state index in [1.165, 1.54) is 50.2 Å². The Morgan fingerprint density at radius 2 is 1.68 bits per heavy atom. The van der Waals surface area contributed by atoms with Crippen LogP contribution in [0.5, 0.6) is 11.5 Å². The van der Waals surface area contributed by atoms with E-state index in [0.29, 0.717) is 22.9 Å². The summed E-state index contributed by atoms with van der Waals surface area (Å²) in [7, 11) is 1.60. The van der Waals surface area contributed by atoms with E-state index in [-0.39, 0.29) is 5.41 Å². The summed E-state index contributed by atoms with van der Waals surface area (Å²) in [6, 6.07) is 20.3. The second-order valence-corrected chi connectivity index (χ2v) is 11.8. The van der Waals surface area contributed by atoms with Gasteiger partial charge in [-0.25, -0.2) is 0 Å². The molecule has 0 saturated heterocycles. The van der Waals surface area contributed by atoms with Crippen LogP contribution in [0.25, 0.3) is 17.2 Å². The molecule has 3 aromatic carbocycles. The lowest BCUT2D eigenvalue weighted by Crippen LogP contribution is -2.48. The summed E-state index contributed by atoms with van der Waals surface area (Å²) in [5.41, 5.74) is 4.98. The molecule has 0 aliphatic heterocycles. The van der Waals surface area contributed by atoms with Crippen molar-refractivity contribution in [1.82, 2.24) is 0 Å². The molecule has 4 bridgehead atoms. The van der Waals surface area contributed by atoms with Crippen LogP contribution in [0.4, 0.5) is 0 Å². The van der Waals surface area contributed by atoms with Gasteiger partial charge >= 0.3 is 0 Å². The van der Waals surface area contributed by atoms with Gasteiger partial charge in [0.25, 0.3) is 0 Å². The normalized spacial score (nSPS) is 25.6. The minimum Gasteiger partial charge on any atom is -0.545 e. The second kappa shape index (κ2) is 10.1. The highest BCUT2D eigenvalue weighted by Crippen LogP contribution is 2.62. The van der Waals surface area contributed by atoms with E-state index in [9.17, 15) is 9.90 Å². The fourth-order valence-corrected chi connectivity index (χ4v) is 7.98. The average Bonchev–Trinajstić information content (AvgIpc) is 2.90. The van der Waals surface area contributed by atoms with Gasteiger partial charge in [-0.15, -0.1) is 0 Å². The minimum absolute atomic E-state index is 0.125. The molecular formula is C33H32ClO4-. The lowest BCUT2D eigenvalue weighted by Gasteiger charge is -2.57. The van der Waals surface area contributed by atoms with E-state index in [0.717, 1.165) is 46.3 Å². The maximum atomic E-state index is 11.1. The zero-order valence-electron chi connectivity index (χ0n) is 21.6. The van der Waals surface area contributed by atoms with Crippen molar-refractivity contribution in [3.05, 3.63) is 88.5 Å². The van der Waals surface area contributed by atoms with Crippen molar-refractivity contribution in [1.29, 1.82) is 0 Å². The van der Waals surface area contributed by atoms with Crippen LogP contribution in [0.1, 0.15) is 55.2 Å². The van der Waals surface area contributed by atoms with Gasteiger partial charge in [0.2, 0.25) is 0 Å². The number of aliphatic carboxylic acids is 1. The van der Waals surface area contributed by atoms with Crippen molar-refractivity contribution in [3.63, 3.8) is 0 Å². The van der Waals surface area contributed by atoms with Gasteiger partial charge in [0.15, 0.2) is 0 Å². The summed E-state index contributed by atoms with van der Waals surface area (Å²) in [6.45, 7) is 0.526. The van der Waals surface area contributed by atoms with E-state index in [4.69, 9.17) is 21.1 Å². The molecule has 3 aromatic rings. The SMILES string of the molecule is COc1c(/C=C/C(=O)[O-])cc(Cl)cc1-c1ccc(OCc2ccccc2)c(C23CC4CC(CC(C4)C2)C3)c1. The second-order valence-electron chi connectivity index (χ2n) is 11.4. The summed E-state index contributed by atoms with van der Waals surface area (Å²) in [4.78, 5) is 11.1. The van der Waals surface area contributed by atoms with E-state index in [1.54, 1.807) is 13.2 Å². The highest BCUT2D eigenvalue weighted by molar-refractivity contribution is 6.31. The number of carboxylic acid groups (broad SMARTS) is 1. The monoisotopic (exact) mass is 527 g/mol. The molecule has 0 aromatic heterocycles. The Kier molecular flexibility index (Phi) is 6.69. The molecule has 0 N–H and O–H groups in total. The van der Waals surface area contributed by atoms with Crippen molar-refractivity contribution >= 4 is 23.6 Å². The van der Waals surface area contributed by atoms with Crippen molar-refractivity contribution in [2.45, 2.75) is 50.5 Å². The summed E-state index contributed by atoms with van der Waals surface area (Å²) < 4.78 is 12.3. The number of hydrogen-bond acceptors (Lipinski definition) is 4. The number of carbonyl (C=O) groups excluding carboxylic acids is 1. The van der Waals surface area contributed by atoms with Gasteiger partial charge in [0.05, 0.1) is 13.1 Å². The Labute approximate surface area is 229 Å². The quantitative estimate of drug-likeness (QED) is 0.301. The number of carboxylic acids is 1. The average molecular weight is 528 g/mol. The molecule has 38 heavy (non-hydrogen) atoms.